The zero-order chi connectivity index (χ0) is 10.7. The molecule has 0 aromatic carbocycles. The summed E-state index contributed by atoms with van der Waals surface area (Å²) in [6, 6.07) is 1.89. The molecule has 2 rings (SSSR count). The average Bonchev–Trinajstić information content (AvgIpc) is 2.63. The van der Waals surface area contributed by atoms with Crippen LogP contribution < -0.4 is 11.1 Å². The fraction of sp³-hybridized carbons (Fsp3) is 0.111. The summed E-state index contributed by atoms with van der Waals surface area (Å²) >= 11 is 3.40. The molecule has 0 bridgehead atoms. The van der Waals surface area contributed by atoms with E-state index in [2.05, 4.69) is 36.4 Å². The van der Waals surface area contributed by atoms with Gasteiger partial charge in [0, 0.05) is 24.5 Å². The summed E-state index contributed by atoms with van der Waals surface area (Å²) in [5, 5.41) is 9.75. The number of nitrogen functional groups attached to an aromatic ring is 1. The molecule has 0 saturated carbocycles. The van der Waals surface area contributed by atoms with Crippen molar-refractivity contribution in [2.45, 2.75) is 6.54 Å². The number of rotatable bonds is 3. The maximum absolute atomic E-state index is 5.66. The number of aromatic amines is 1. The summed E-state index contributed by atoms with van der Waals surface area (Å²) < 4.78 is 0.923. The molecular formula is C9H10BrN5. The smallest absolute Gasteiger partial charge is 0.123 e. The first-order valence-electron chi connectivity index (χ1n) is 4.38. The van der Waals surface area contributed by atoms with E-state index in [9.17, 15) is 0 Å². The Labute approximate surface area is 95.2 Å². The summed E-state index contributed by atoms with van der Waals surface area (Å²) in [6.07, 6.45) is 5.17. The number of pyridine rings is 1. The average molecular weight is 268 g/mol. The Balaban J connectivity index is 2.06. The molecule has 15 heavy (non-hydrogen) atoms. The number of aromatic nitrogens is 3. The van der Waals surface area contributed by atoms with Crippen molar-refractivity contribution in [3.05, 3.63) is 34.7 Å². The molecule has 6 heteroatoms. The molecule has 2 aromatic rings. The highest BCUT2D eigenvalue weighted by Crippen LogP contribution is 2.21. The summed E-state index contributed by atoms with van der Waals surface area (Å²) in [5.41, 5.74) is 7.58. The molecule has 0 unspecified atom stereocenters. The number of halogens is 1. The highest BCUT2D eigenvalue weighted by atomic mass is 79.9. The minimum absolute atomic E-state index is 0.590. The van der Waals surface area contributed by atoms with Crippen LogP contribution in [-0.2, 0) is 6.54 Å². The molecule has 0 fully saturated rings. The first kappa shape index (κ1) is 9.97. The summed E-state index contributed by atoms with van der Waals surface area (Å²) in [5.74, 6) is 0.590. The first-order chi connectivity index (χ1) is 7.27. The SMILES string of the molecule is Nc1[nH]ncc1CNc1ccncc1Br. The zero-order valence-electron chi connectivity index (χ0n) is 7.87. The normalized spacial score (nSPS) is 10.2. The monoisotopic (exact) mass is 267 g/mol. The summed E-state index contributed by atoms with van der Waals surface area (Å²) in [7, 11) is 0. The third kappa shape index (κ3) is 2.27. The second-order valence-corrected chi connectivity index (χ2v) is 3.87. The molecule has 0 radical (unpaired) electrons. The number of H-pyrrole nitrogens is 1. The standard InChI is InChI=1S/C9H10BrN5/c10-7-5-12-2-1-8(7)13-3-6-4-14-15-9(6)11/h1-2,4-5H,3H2,(H,12,13)(H3,11,14,15). The van der Waals surface area contributed by atoms with E-state index >= 15 is 0 Å². The van der Waals surface area contributed by atoms with E-state index in [0.29, 0.717) is 12.4 Å². The molecule has 0 atom stereocenters. The topological polar surface area (TPSA) is 79.6 Å². The first-order valence-corrected chi connectivity index (χ1v) is 5.18. The fourth-order valence-electron chi connectivity index (χ4n) is 1.17. The van der Waals surface area contributed by atoms with Crippen LogP contribution in [0.3, 0.4) is 0 Å². The van der Waals surface area contributed by atoms with Gasteiger partial charge in [-0.15, -0.1) is 0 Å². The minimum Gasteiger partial charge on any atom is -0.384 e. The van der Waals surface area contributed by atoms with E-state index in [0.717, 1.165) is 15.7 Å². The van der Waals surface area contributed by atoms with Crippen LogP contribution in [0.1, 0.15) is 5.56 Å². The Morgan fingerprint density at radius 1 is 1.47 bits per heavy atom. The van der Waals surface area contributed by atoms with Crippen LogP contribution in [0.5, 0.6) is 0 Å². The number of hydrogen-bond acceptors (Lipinski definition) is 4. The van der Waals surface area contributed by atoms with Crippen molar-refractivity contribution in [1.29, 1.82) is 0 Å². The van der Waals surface area contributed by atoms with Gasteiger partial charge in [0.2, 0.25) is 0 Å². The van der Waals surface area contributed by atoms with Crippen LogP contribution in [0, 0.1) is 0 Å². The van der Waals surface area contributed by atoms with Gasteiger partial charge >= 0.3 is 0 Å². The van der Waals surface area contributed by atoms with E-state index in [-0.39, 0.29) is 0 Å². The van der Waals surface area contributed by atoms with Gasteiger partial charge in [0.15, 0.2) is 0 Å². The van der Waals surface area contributed by atoms with Crippen molar-refractivity contribution in [3.8, 4) is 0 Å². The van der Waals surface area contributed by atoms with Crippen molar-refractivity contribution >= 4 is 27.4 Å². The molecule has 0 spiro atoms. The summed E-state index contributed by atoms with van der Waals surface area (Å²) in [4.78, 5) is 3.98. The maximum Gasteiger partial charge on any atom is 0.123 e. The molecule has 78 valence electrons. The van der Waals surface area contributed by atoms with Crippen LogP contribution in [0.2, 0.25) is 0 Å². The van der Waals surface area contributed by atoms with Gasteiger partial charge in [0.25, 0.3) is 0 Å². The van der Waals surface area contributed by atoms with E-state index in [1.54, 1.807) is 18.6 Å². The molecule has 2 aromatic heterocycles. The number of nitrogens with two attached hydrogens (primary N) is 1. The van der Waals surface area contributed by atoms with Crippen LogP contribution >= 0.6 is 15.9 Å². The molecule has 5 nitrogen and oxygen atoms in total. The van der Waals surface area contributed by atoms with Crippen LogP contribution in [0.4, 0.5) is 11.5 Å². The molecule has 2 heterocycles. The van der Waals surface area contributed by atoms with Crippen LogP contribution in [0.15, 0.2) is 29.1 Å². The van der Waals surface area contributed by atoms with Crippen molar-refractivity contribution in [1.82, 2.24) is 15.2 Å². The molecule has 0 aliphatic heterocycles. The lowest BCUT2D eigenvalue weighted by Crippen LogP contribution is -2.01. The molecular weight excluding hydrogens is 258 g/mol. The highest BCUT2D eigenvalue weighted by Gasteiger charge is 2.02. The lowest BCUT2D eigenvalue weighted by Gasteiger charge is -2.06. The molecule has 0 amide bonds. The molecule has 0 saturated heterocycles. The fourth-order valence-corrected chi connectivity index (χ4v) is 1.56. The Bertz CT molecular complexity index is 453. The number of hydrogen-bond donors (Lipinski definition) is 3. The Morgan fingerprint density at radius 3 is 3.00 bits per heavy atom. The van der Waals surface area contributed by atoms with Crippen molar-refractivity contribution in [2.75, 3.05) is 11.1 Å². The quantitative estimate of drug-likeness (QED) is 0.792. The third-order valence-corrected chi connectivity index (χ3v) is 2.63. The van der Waals surface area contributed by atoms with Gasteiger partial charge in [-0.25, -0.2) is 0 Å². The van der Waals surface area contributed by atoms with E-state index in [1.807, 2.05) is 6.07 Å². The zero-order valence-corrected chi connectivity index (χ0v) is 9.45. The van der Waals surface area contributed by atoms with Gasteiger partial charge in [0.05, 0.1) is 16.4 Å². The molecule has 4 N–H and O–H groups in total. The van der Waals surface area contributed by atoms with Crippen LogP contribution in [0.25, 0.3) is 0 Å². The molecule has 0 aliphatic rings. The van der Waals surface area contributed by atoms with Gasteiger partial charge < -0.3 is 11.1 Å². The van der Waals surface area contributed by atoms with E-state index in [1.165, 1.54) is 0 Å². The minimum atomic E-state index is 0.590. The van der Waals surface area contributed by atoms with Gasteiger partial charge in [-0.05, 0) is 22.0 Å². The highest BCUT2D eigenvalue weighted by molar-refractivity contribution is 9.10. The van der Waals surface area contributed by atoms with E-state index in [4.69, 9.17) is 5.73 Å². The van der Waals surface area contributed by atoms with Gasteiger partial charge in [-0.2, -0.15) is 5.10 Å². The lowest BCUT2D eigenvalue weighted by atomic mass is 10.3. The molecule has 0 aliphatic carbocycles. The van der Waals surface area contributed by atoms with Crippen LogP contribution in [-0.4, -0.2) is 15.2 Å². The Kier molecular flexibility index (Phi) is 2.86. The second-order valence-electron chi connectivity index (χ2n) is 3.02. The number of anilines is 2. The van der Waals surface area contributed by atoms with Gasteiger partial charge in [-0.1, -0.05) is 0 Å². The number of nitrogens with one attached hydrogen (secondary N) is 2. The number of nitrogens with zero attached hydrogens (tertiary/aromatic N) is 2. The van der Waals surface area contributed by atoms with Crippen molar-refractivity contribution in [2.24, 2.45) is 0 Å². The van der Waals surface area contributed by atoms with Gasteiger partial charge in [0.1, 0.15) is 5.82 Å². The Hall–Kier alpha value is -1.56. The second kappa shape index (κ2) is 4.31. The summed E-state index contributed by atoms with van der Waals surface area (Å²) in [6.45, 7) is 0.630. The van der Waals surface area contributed by atoms with Crippen molar-refractivity contribution in [3.63, 3.8) is 0 Å². The van der Waals surface area contributed by atoms with Gasteiger partial charge in [-0.3, -0.25) is 10.1 Å². The van der Waals surface area contributed by atoms with E-state index < -0.39 is 0 Å². The Morgan fingerprint density at radius 2 is 2.33 bits per heavy atom. The maximum atomic E-state index is 5.66. The van der Waals surface area contributed by atoms with Crippen molar-refractivity contribution < 1.29 is 0 Å². The predicted molar refractivity (Wildman–Crippen MR) is 62.3 cm³/mol. The third-order valence-electron chi connectivity index (χ3n) is 1.99. The largest absolute Gasteiger partial charge is 0.384 e. The predicted octanol–water partition coefficient (Wildman–Crippen LogP) is 1.76. The lowest BCUT2D eigenvalue weighted by molar-refractivity contribution is 1.10.